The molecule has 1 heterocycles. The molecule has 8 heteroatoms. The van der Waals surface area contributed by atoms with Crippen molar-refractivity contribution in [2.45, 2.75) is 0 Å². The van der Waals surface area contributed by atoms with E-state index in [-0.39, 0.29) is 15.9 Å². The number of carbonyl (C=O) groups is 1. The smallest absolute Gasteiger partial charge is 0.214 e. The van der Waals surface area contributed by atoms with Crippen LogP contribution in [0.25, 0.3) is 0 Å². The lowest BCUT2D eigenvalue weighted by Crippen LogP contribution is -2.10. The van der Waals surface area contributed by atoms with E-state index in [1.165, 1.54) is 7.05 Å². The molecule has 0 unspecified atom stereocenters. The van der Waals surface area contributed by atoms with Gasteiger partial charge in [0.05, 0.1) is 0 Å². The molecule has 1 aromatic heterocycles. The van der Waals surface area contributed by atoms with E-state index in [4.69, 9.17) is 0 Å². The second-order valence-corrected chi connectivity index (χ2v) is 4.19. The quantitative estimate of drug-likeness (QED) is 0.630. The molecule has 0 saturated carbocycles. The summed E-state index contributed by atoms with van der Waals surface area (Å²) in [7, 11) is 1.45. The zero-order valence-electron chi connectivity index (χ0n) is 8.92. The first-order valence-electron chi connectivity index (χ1n) is 4.66. The molecule has 0 amide bonds. The first kappa shape index (κ1) is 12.7. The molecular weight excluding hydrogens is 315 g/mol. The second kappa shape index (κ2) is 4.52. The van der Waals surface area contributed by atoms with Crippen LogP contribution in [0.15, 0.2) is 16.7 Å². The summed E-state index contributed by atoms with van der Waals surface area (Å²) >= 11 is 2.99. The Morgan fingerprint density at radius 2 is 1.83 bits per heavy atom. The average Bonchev–Trinajstić information content (AvgIpc) is 2.64. The van der Waals surface area contributed by atoms with Crippen LogP contribution in [0.5, 0.6) is 0 Å². The van der Waals surface area contributed by atoms with Gasteiger partial charge >= 0.3 is 0 Å². The third-order valence-corrected chi connectivity index (χ3v) is 2.78. The molecule has 0 aliphatic carbocycles. The summed E-state index contributed by atoms with van der Waals surface area (Å²) in [6.07, 6.45) is 0. The lowest BCUT2D eigenvalue weighted by molar-refractivity contribution is 0.102. The number of nitrogens with zero attached hydrogens (tertiary/aromatic N) is 3. The molecule has 2 rings (SSSR count). The van der Waals surface area contributed by atoms with Crippen LogP contribution in [0.3, 0.4) is 0 Å². The van der Waals surface area contributed by atoms with Crippen molar-refractivity contribution in [2.75, 3.05) is 0 Å². The first-order valence-corrected chi connectivity index (χ1v) is 5.45. The molecule has 0 fully saturated rings. The van der Waals surface area contributed by atoms with Crippen molar-refractivity contribution < 1.29 is 18.0 Å². The Labute approximate surface area is 108 Å². The van der Waals surface area contributed by atoms with Gasteiger partial charge < -0.3 is 0 Å². The van der Waals surface area contributed by atoms with Crippen molar-refractivity contribution in [1.29, 1.82) is 0 Å². The fraction of sp³-hybridized carbons (Fsp3) is 0.100. The van der Waals surface area contributed by atoms with Crippen LogP contribution in [0.2, 0.25) is 0 Å². The van der Waals surface area contributed by atoms with Crippen molar-refractivity contribution in [1.82, 2.24) is 15.0 Å². The molecule has 0 spiro atoms. The van der Waals surface area contributed by atoms with Crippen LogP contribution < -0.4 is 0 Å². The Kier molecular flexibility index (Phi) is 3.20. The minimum absolute atomic E-state index is 0.0143. The average molecular weight is 320 g/mol. The van der Waals surface area contributed by atoms with Crippen LogP contribution in [-0.4, -0.2) is 20.8 Å². The highest BCUT2D eigenvalue weighted by Gasteiger charge is 2.21. The minimum atomic E-state index is -1.62. The Morgan fingerprint density at radius 1 is 1.28 bits per heavy atom. The summed E-state index contributed by atoms with van der Waals surface area (Å²) < 4.78 is 40.1. The van der Waals surface area contributed by atoms with Gasteiger partial charge in [0, 0.05) is 12.6 Å². The first-order chi connectivity index (χ1) is 8.41. The SMILES string of the molecule is Cn1nnc(Br)c1C(=O)c1cc(F)c(F)c(F)c1. The van der Waals surface area contributed by atoms with E-state index in [2.05, 4.69) is 26.2 Å². The molecule has 18 heavy (non-hydrogen) atoms. The number of hydrogen-bond donors (Lipinski definition) is 0. The number of rotatable bonds is 2. The van der Waals surface area contributed by atoms with E-state index in [0.29, 0.717) is 12.1 Å². The molecule has 4 nitrogen and oxygen atoms in total. The lowest BCUT2D eigenvalue weighted by atomic mass is 10.1. The van der Waals surface area contributed by atoms with E-state index in [1.54, 1.807) is 0 Å². The maximum Gasteiger partial charge on any atom is 0.214 e. The Balaban J connectivity index is 2.54. The largest absolute Gasteiger partial charge is 0.287 e. The summed E-state index contributed by atoms with van der Waals surface area (Å²) in [5, 5.41) is 7.13. The molecule has 94 valence electrons. The normalized spacial score (nSPS) is 10.7. The van der Waals surface area contributed by atoms with Gasteiger partial charge in [-0.3, -0.25) is 4.79 Å². The van der Waals surface area contributed by atoms with Gasteiger partial charge in [-0.05, 0) is 28.1 Å². The topological polar surface area (TPSA) is 47.8 Å². The standard InChI is InChI=1S/C10H5BrF3N3O/c1-17-8(10(11)15-16-17)9(18)4-2-5(12)7(14)6(13)3-4/h2-3H,1H3. The van der Waals surface area contributed by atoms with E-state index < -0.39 is 23.2 Å². The third kappa shape index (κ3) is 2.03. The van der Waals surface area contributed by atoms with E-state index >= 15 is 0 Å². The zero-order valence-corrected chi connectivity index (χ0v) is 10.5. The highest BCUT2D eigenvalue weighted by molar-refractivity contribution is 9.10. The lowest BCUT2D eigenvalue weighted by Gasteiger charge is -2.03. The maximum absolute atomic E-state index is 13.0. The van der Waals surface area contributed by atoms with Gasteiger partial charge in [-0.25, -0.2) is 17.9 Å². The number of aryl methyl sites for hydroxylation is 1. The highest BCUT2D eigenvalue weighted by Crippen LogP contribution is 2.20. The van der Waals surface area contributed by atoms with Crippen molar-refractivity contribution in [2.24, 2.45) is 7.05 Å². The predicted molar refractivity (Wildman–Crippen MR) is 58.5 cm³/mol. The number of carbonyl (C=O) groups excluding carboxylic acids is 1. The number of hydrogen-bond acceptors (Lipinski definition) is 3. The van der Waals surface area contributed by atoms with Crippen molar-refractivity contribution in [3.05, 3.63) is 45.4 Å². The number of halogens is 4. The predicted octanol–water partition coefficient (Wildman–Crippen LogP) is 2.23. The fourth-order valence-electron chi connectivity index (χ4n) is 1.40. The van der Waals surface area contributed by atoms with Gasteiger partial charge in [-0.15, -0.1) is 5.10 Å². The summed E-state index contributed by atoms with van der Waals surface area (Å²) in [4.78, 5) is 12.0. The molecular formula is C10H5BrF3N3O. The van der Waals surface area contributed by atoms with Crippen LogP contribution in [0.4, 0.5) is 13.2 Å². The Bertz CT molecular complexity index is 599. The van der Waals surface area contributed by atoms with E-state index in [9.17, 15) is 18.0 Å². The summed E-state index contributed by atoms with van der Waals surface area (Å²) in [5.41, 5.74) is -0.307. The van der Waals surface area contributed by atoms with Crippen molar-refractivity contribution in [3.63, 3.8) is 0 Å². The fourth-order valence-corrected chi connectivity index (χ4v) is 1.90. The van der Waals surface area contributed by atoms with E-state index in [0.717, 1.165) is 4.68 Å². The summed E-state index contributed by atoms with van der Waals surface area (Å²) in [5.74, 6) is -5.19. The van der Waals surface area contributed by atoms with Gasteiger partial charge in [0.15, 0.2) is 22.1 Å². The van der Waals surface area contributed by atoms with Gasteiger partial charge in [-0.2, -0.15) is 0 Å². The molecule has 0 bridgehead atoms. The monoisotopic (exact) mass is 319 g/mol. The van der Waals surface area contributed by atoms with Gasteiger partial charge in [-0.1, -0.05) is 5.21 Å². The highest BCUT2D eigenvalue weighted by atomic mass is 79.9. The van der Waals surface area contributed by atoms with Crippen molar-refractivity contribution in [3.8, 4) is 0 Å². The number of ketones is 1. The molecule has 0 aliphatic rings. The van der Waals surface area contributed by atoms with Gasteiger partial charge in [0.2, 0.25) is 5.78 Å². The van der Waals surface area contributed by atoms with Gasteiger partial charge in [0.25, 0.3) is 0 Å². The third-order valence-electron chi connectivity index (χ3n) is 2.25. The Hall–Kier alpha value is -1.70. The van der Waals surface area contributed by atoms with Crippen molar-refractivity contribution >= 4 is 21.7 Å². The van der Waals surface area contributed by atoms with Gasteiger partial charge in [0.1, 0.15) is 5.69 Å². The summed E-state index contributed by atoms with van der Waals surface area (Å²) in [6, 6.07) is 1.25. The number of benzene rings is 1. The minimum Gasteiger partial charge on any atom is -0.287 e. The molecule has 2 aromatic rings. The Morgan fingerprint density at radius 3 is 2.28 bits per heavy atom. The molecule has 0 saturated heterocycles. The summed E-state index contributed by atoms with van der Waals surface area (Å²) in [6.45, 7) is 0. The molecule has 0 atom stereocenters. The van der Waals surface area contributed by atoms with E-state index in [1.807, 2.05) is 0 Å². The second-order valence-electron chi connectivity index (χ2n) is 3.44. The molecule has 0 aliphatic heterocycles. The number of aromatic nitrogens is 3. The molecule has 0 N–H and O–H groups in total. The van der Waals surface area contributed by atoms with Crippen LogP contribution >= 0.6 is 15.9 Å². The van der Waals surface area contributed by atoms with Crippen LogP contribution in [0.1, 0.15) is 16.1 Å². The maximum atomic E-state index is 13.0. The molecule has 0 radical (unpaired) electrons. The molecule has 1 aromatic carbocycles. The zero-order chi connectivity index (χ0) is 13.4. The van der Waals surface area contributed by atoms with Crippen LogP contribution in [0, 0.1) is 17.5 Å². The van der Waals surface area contributed by atoms with Crippen LogP contribution in [-0.2, 0) is 7.05 Å².